The van der Waals surface area contributed by atoms with Gasteiger partial charge in [0.05, 0.1) is 26.4 Å². The summed E-state index contributed by atoms with van der Waals surface area (Å²) in [6.45, 7) is 9.39. The van der Waals surface area contributed by atoms with Crippen LogP contribution < -0.4 is 22.1 Å². The van der Waals surface area contributed by atoms with Gasteiger partial charge in [-0.1, -0.05) is 0 Å². The van der Waals surface area contributed by atoms with Gasteiger partial charge in [0.25, 0.3) is 0 Å². The second kappa shape index (κ2) is 11.2. The van der Waals surface area contributed by atoms with Crippen molar-refractivity contribution in [3.05, 3.63) is 35.7 Å². The first-order chi connectivity index (χ1) is 10.1. The molecule has 2 N–H and O–H groups in total. The summed E-state index contributed by atoms with van der Waals surface area (Å²) in [6, 6.07) is 0. The summed E-state index contributed by atoms with van der Waals surface area (Å²) in [5, 5.41) is 6.02. The van der Waals surface area contributed by atoms with Crippen LogP contribution in [0.25, 0.3) is 0 Å². The average molecular weight is 369 g/mol. The molecule has 0 atom stereocenters. The Kier molecular flexibility index (Phi) is 11.6. The van der Waals surface area contributed by atoms with Crippen molar-refractivity contribution in [3.8, 4) is 0 Å². The van der Waals surface area contributed by atoms with Crippen LogP contribution in [0.3, 0.4) is 0 Å². The molecule has 0 aliphatic carbocycles. The van der Waals surface area contributed by atoms with Crippen LogP contribution in [0, 0.1) is 20.8 Å². The summed E-state index contributed by atoms with van der Waals surface area (Å²) in [5.41, 5.74) is 3.77. The second-order valence-electron chi connectivity index (χ2n) is 4.61. The Morgan fingerprint density at radius 2 is 1.91 bits per heavy atom. The summed E-state index contributed by atoms with van der Waals surface area (Å²) in [5.74, 6) is 0. The number of aryl methyl sites for hydroxylation is 4. The number of halogens is 1. The minimum atomic E-state index is -4.41. The Morgan fingerprint density at radius 3 is 2.04 bits per heavy atom. The Morgan fingerprint density at radius 1 is 1.39 bits per heavy atom. The van der Waals surface area contributed by atoms with Crippen molar-refractivity contribution in [1.29, 1.82) is 0 Å². The molecule has 0 aliphatic rings. The number of aromatic amines is 2. The third-order valence-electron chi connectivity index (χ3n) is 2.96. The smallest absolute Gasteiger partial charge is 0.243 e. The quantitative estimate of drug-likeness (QED) is 0.351. The first kappa shape index (κ1) is 23.8. The van der Waals surface area contributed by atoms with Gasteiger partial charge < -0.3 is 17.0 Å². The number of hydrogen-bond acceptors (Lipinski definition) is 4. The molecule has 8 nitrogen and oxygen atoms in total. The van der Waals surface area contributed by atoms with Gasteiger partial charge in [-0.2, -0.15) is 5.10 Å². The SMILES string of the molecule is CCn1cc[n+](C)c1.COS(=O)(=O)[O-].Cc1[nH][nH+]c(C)c1C.[Cl-]. The molecule has 2 aromatic rings. The predicted octanol–water partition coefficient (Wildman–Crippen LogP) is -2.82. The van der Waals surface area contributed by atoms with Crippen molar-refractivity contribution >= 4 is 10.4 Å². The molecule has 0 fully saturated rings. The maximum absolute atomic E-state index is 9.22. The topological polar surface area (TPSA) is 105 Å². The first-order valence-corrected chi connectivity index (χ1v) is 7.99. The lowest BCUT2D eigenvalue weighted by Crippen LogP contribution is -3.00. The molecule has 0 amide bonds. The fourth-order valence-corrected chi connectivity index (χ4v) is 1.35. The molecule has 2 aromatic heterocycles. The van der Waals surface area contributed by atoms with Crippen molar-refractivity contribution in [2.75, 3.05) is 7.11 Å². The lowest BCUT2D eigenvalue weighted by Gasteiger charge is -1.98. The Bertz CT molecular complexity index is 648. The van der Waals surface area contributed by atoms with Gasteiger partial charge in [-0.25, -0.2) is 17.6 Å². The minimum absolute atomic E-state index is 0. The number of aromatic nitrogens is 4. The van der Waals surface area contributed by atoms with E-state index in [1.54, 1.807) is 0 Å². The zero-order valence-corrected chi connectivity index (χ0v) is 15.8. The summed E-state index contributed by atoms with van der Waals surface area (Å²) in [4.78, 5) is 0. The first-order valence-electron chi connectivity index (χ1n) is 6.66. The van der Waals surface area contributed by atoms with E-state index in [1.165, 1.54) is 17.0 Å². The van der Waals surface area contributed by atoms with Gasteiger partial charge >= 0.3 is 0 Å². The van der Waals surface area contributed by atoms with E-state index in [1.807, 2.05) is 17.8 Å². The van der Waals surface area contributed by atoms with E-state index in [0.717, 1.165) is 13.7 Å². The number of H-pyrrole nitrogens is 2. The molecular weight excluding hydrogens is 344 g/mol. The molecule has 0 radical (unpaired) electrons. The molecule has 0 aliphatic heterocycles. The van der Waals surface area contributed by atoms with E-state index in [4.69, 9.17) is 0 Å². The molecule has 10 heteroatoms. The highest BCUT2D eigenvalue weighted by atomic mass is 35.5. The minimum Gasteiger partial charge on any atom is -1.00 e. The van der Waals surface area contributed by atoms with E-state index in [9.17, 15) is 13.0 Å². The van der Waals surface area contributed by atoms with Crippen molar-refractivity contribution in [1.82, 2.24) is 9.67 Å². The van der Waals surface area contributed by atoms with E-state index in [0.29, 0.717) is 0 Å². The second-order valence-corrected chi connectivity index (χ2v) is 5.76. The normalized spacial score (nSPS) is 9.87. The van der Waals surface area contributed by atoms with E-state index >= 15 is 0 Å². The zero-order valence-electron chi connectivity index (χ0n) is 14.3. The lowest BCUT2D eigenvalue weighted by molar-refractivity contribution is -0.671. The molecule has 0 spiro atoms. The number of nitrogens with one attached hydrogen (secondary N) is 2. The Labute approximate surface area is 143 Å². The highest BCUT2D eigenvalue weighted by molar-refractivity contribution is 7.80. The van der Waals surface area contributed by atoms with Crippen LogP contribution in [0.2, 0.25) is 0 Å². The molecule has 23 heavy (non-hydrogen) atoms. The van der Waals surface area contributed by atoms with E-state index in [2.05, 4.69) is 59.2 Å². The predicted molar refractivity (Wildman–Crippen MR) is 79.5 cm³/mol. The van der Waals surface area contributed by atoms with Gasteiger partial charge in [-0.3, -0.25) is 4.18 Å². The van der Waals surface area contributed by atoms with Crippen LogP contribution in [0.15, 0.2) is 18.7 Å². The van der Waals surface area contributed by atoms with Crippen LogP contribution >= 0.6 is 0 Å². The molecule has 0 unspecified atom stereocenters. The average Bonchev–Trinajstić information content (AvgIpc) is 3.00. The molecule has 0 saturated carbocycles. The summed E-state index contributed by atoms with van der Waals surface area (Å²) >= 11 is 0. The summed E-state index contributed by atoms with van der Waals surface area (Å²) in [7, 11) is -1.58. The van der Waals surface area contributed by atoms with Crippen molar-refractivity contribution in [2.24, 2.45) is 7.05 Å². The third-order valence-corrected chi connectivity index (χ3v) is 3.36. The van der Waals surface area contributed by atoms with Crippen molar-refractivity contribution in [3.63, 3.8) is 0 Å². The molecule has 134 valence electrons. The van der Waals surface area contributed by atoms with Crippen molar-refractivity contribution < 1.29 is 39.2 Å². The molecule has 0 bridgehead atoms. The van der Waals surface area contributed by atoms with E-state index < -0.39 is 10.4 Å². The lowest BCUT2D eigenvalue weighted by atomic mass is 10.2. The highest BCUT2D eigenvalue weighted by Crippen LogP contribution is 2.01. The van der Waals surface area contributed by atoms with Gasteiger partial charge in [-0.05, 0) is 20.8 Å². The van der Waals surface area contributed by atoms with Gasteiger partial charge in [-0.15, -0.1) is 5.10 Å². The maximum atomic E-state index is 9.22. The van der Waals surface area contributed by atoms with Gasteiger partial charge in [0.2, 0.25) is 22.4 Å². The summed E-state index contributed by atoms with van der Waals surface area (Å²) in [6.07, 6.45) is 6.14. The number of rotatable bonds is 2. The number of nitrogens with zero attached hydrogens (tertiary/aromatic N) is 2. The van der Waals surface area contributed by atoms with Crippen molar-refractivity contribution in [2.45, 2.75) is 34.2 Å². The van der Waals surface area contributed by atoms with Gasteiger partial charge in [0, 0.05) is 12.5 Å². The van der Waals surface area contributed by atoms with Gasteiger partial charge in [0.15, 0.2) is 0 Å². The van der Waals surface area contributed by atoms with Crippen LogP contribution in [0.5, 0.6) is 0 Å². The highest BCUT2D eigenvalue weighted by Gasteiger charge is 2.03. The molecular formula is C13H25ClN4O4S. The molecule has 0 aromatic carbocycles. The van der Waals surface area contributed by atoms with Gasteiger partial charge in [0.1, 0.15) is 12.4 Å². The Balaban J connectivity index is 0. The van der Waals surface area contributed by atoms with Crippen LogP contribution in [0.4, 0.5) is 0 Å². The molecule has 0 saturated heterocycles. The fraction of sp³-hybridized carbons (Fsp3) is 0.538. The maximum Gasteiger partial charge on any atom is 0.243 e. The van der Waals surface area contributed by atoms with Crippen LogP contribution in [0.1, 0.15) is 23.9 Å². The van der Waals surface area contributed by atoms with Crippen LogP contribution in [-0.4, -0.2) is 29.7 Å². The largest absolute Gasteiger partial charge is 1.00 e. The van der Waals surface area contributed by atoms with E-state index in [-0.39, 0.29) is 12.4 Å². The number of hydrogen-bond donors (Lipinski definition) is 1. The Hall–Kier alpha value is -1.42. The zero-order chi connectivity index (χ0) is 17.3. The van der Waals surface area contributed by atoms with Crippen LogP contribution in [-0.2, 0) is 28.2 Å². The number of imidazole rings is 1. The fourth-order valence-electron chi connectivity index (χ4n) is 1.35. The molecule has 2 rings (SSSR count). The molecule has 2 heterocycles. The summed E-state index contributed by atoms with van der Waals surface area (Å²) < 4.78 is 35.2. The third kappa shape index (κ3) is 10.9. The standard InChI is InChI=1S/C6H10N2.C6H11N2.CH4O4S.ClH/c1-4-5(2)7-8-6(4)3;1-3-8-5-4-7(2)6-8;1-5-6(2,3)4;/h1-3H3,(H,7,8);4-6H,3H2,1-2H3;1H3,(H,2,3,4);1H/q;+1;;/p-1. The monoisotopic (exact) mass is 368 g/mol.